The summed E-state index contributed by atoms with van der Waals surface area (Å²) in [6.07, 6.45) is 2.06. The maximum absolute atomic E-state index is 13.1. The summed E-state index contributed by atoms with van der Waals surface area (Å²) in [7, 11) is 1.64. The number of rotatable bonds is 10. The summed E-state index contributed by atoms with van der Waals surface area (Å²) in [4.78, 5) is 25.3. The number of amides is 2. The van der Waals surface area contributed by atoms with Crippen LogP contribution in [0.4, 0.5) is 0 Å². The molecule has 4 aromatic carbocycles. The van der Waals surface area contributed by atoms with Crippen molar-refractivity contribution in [1.29, 1.82) is 0 Å². The molecule has 2 unspecified atom stereocenters. The maximum atomic E-state index is 13.1. The lowest BCUT2D eigenvalue weighted by Gasteiger charge is -2.20. The summed E-state index contributed by atoms with van der Waals surface area (Å²) in [5, 5.41) is 24.8. The molecule has 5 aromatic rings. The van der Waals surface area contributed by atoms with Crippen molar-refractivity contribution in [3.63, 3.8) is 0 Å². The number of carbonyl (C=O) groups is 2. The third-order valence-electron chi connectivity index (χ3n) is 7.23. The average molecular weight is 538 g/mol. The summed E-state index contributed by atoms with van der Waals surface area (Å²) in [6, 6.07) is 25.6. The molecule has 3 N–H and O–H groups in total. The molecule has 0 aliphatic rings. The third kappa shape index (κ3) is 5.94. The van der Waals surface area contributed by atoms with Gasteiger partial charge in [-0.2, -0.15) is 0 Å². The van der Waals surface area contributed by atoms with Gasteiger partial charge in [0, 0.05) is 0 Å². The highest BCUT2D eigenvalue weighted by atomic mass is 16.5. The zero-order chi connectivity index (χ0) is 28.1. The molecule has 0 bridgehead atoms. The summed E-state index contributed by atoms with van der Waals surface area (Å²) in [5.41, 5.74) is 4.29. The lowest BCUT2D eigenvalue weighted by molar-refractivity contribution is -0.130. The van der Waals surface area contributed by atoms with Gasteiger partial charge in [-0.1, -0.05) is 71.9 Å². The van der Waals surface area contributed by atoms with E-state index < -0.39 is 11.9 Å². The molecule has 0 radical (unpaired) electrons. The normalized spacial score (nSPS) is 12.7. The van der Waals surface area contributed by atoms with Gasteiger partial charge >= 0.3 is 0 Å². The Hall–Kier alpha value is -4.76. The predicted molar refractivity (Wildman–Crippen MR) is 152 cm³/mol. The number of fused-ring (bicyclic) bond motifs is 2. The Balaban J connectivity index is 1.31. The Morgan fingerprint density at radius 3 is 2.48 bits per heavy atom. The third-order valence-corrected chi connectivity index (χ3v) is 7.23. The van der Waals surface area contributed by atoms with Crippen molar-refractivity contribution in [2.45, 2.75) is 38.3 Å². The first kappa shape index (κ1) is 26.8. The fourth-order valence-electron chi connectivity index (χ4n) is 4.96. The Bertz CT molecular complexity index is 1660. The van der Waals surface area contributed by atoms with Gasteiger partial charge in [0.05, 0.1) is 43.9 Å². The largest absolute Gasteiger partial charge is 0.497 e. The fourth-order valence-corrected chi connectivity index (χ4v) is 4.96. The first-order valence-corrected chi connectivity index (χ1v) is 13.1. The van der Waals surface area contributed by atoms with E-state index in [0.29, 0.717) is 12.1 Å². The highest BCUT2D eigenvalue weighted by molar-refractivity contribution is 5.88. The van der Waals surface area contributed by atoms with E-state index in [0.717, 1.165) is 38.4 Å². The zero-order valence-electron chi connectivity index (χ0n) is 22.4. The molecule has 9 heteroatoms. The molecule has 5 rings (SSSR count). The minimum Gasteiger partial charge on any atom is -0.497 e. The van der Waals surface area contributed by atoms with Gasteiger partial charge < -0.3 is 10.1 Å². The number of methoxy groups -OCH3 is 1. The number of carbonyl (C=O) groups excluding carboxylic acids is 2. The van der Waals surface area contributed by atoms with Crippen molar-refractivity contribution in [1.82, 2.24) is 25.8 Å². The minimum atomic E-state index is -0.529. The molecule has 1 heterocycles. The van der Waals surface area contributed by atoms with Gasteiger partial charge in [0.25, 0.3) is 0 Å². The van der Waals surface area contributed by atoms with E-state index >= 15 is 0 Å². The molecule has 0 aliphatic carbocycles. The van der Waals surface area contributed by atoms with E-state index in [1.54, 1.807) is 23.5 Å². The van der Waals surface area contributed by atoms with Gasteiger partial charge in [-0.05, 0) is 58.1 Å². The van der Waals surface area contributed by atoms with Crippen LogP contribution in [-0.2, 0) is 22.6 Å². The molecular weight excluding hydrogens is 506 g/mol. The smallest absolute Gasteiger partial charge is 0.245 e. The molecule has 0 saturated carbocycles. The quantitative estimate of drug-likeness (QED) is 0.176. The topological polar surface area (TPSA) is 118 Å². The molecule has 0 fully saturated rings. The molecule has 2 atom stereocenters. The van der Waals surface area contributed by atoms with Gasteiger partial charge in [-0.25, -0.2) is 10.2 Å². The van der Waals surface area contributed by atoms with Crippen LogP contribution in [0.25, 0.3) is 21.5 Å². The predicted octanol–water partition coefficient (Wildman–Crippen LogP) is 4.69. The Kier molecular flexibility index (Phi) is 8.02. The number of aromatic nitrogens is 3. The van der Waals surface area contributed by atoms with E-state index in [9.17, 15) is 14.8 Å². The second-order valence-electron chi connectivity index (χ2n) is 9.86. The lowest BCUT2D eigenvalue weighted by Crippen LogP contribution is -2.30. The van der Waals surface area contributed by atoms with E-state index in [1.807, 2.05) is 79.7 Å². The standard InChI is InChI=1S/C31H31N5O4/c1-20(23-9-10-26-16-29(40-2)12-11-25(26)15-23)31(38)32-18-28-19-33-35-36(28)27(17-30(37)34-39)14-21-7-8-22-5-3-4-6-24(22)13-21/h3-13,15-16,19-20,27,39H,14,17-18H2,1-2H3,(H,32,38)(H,34,37). The summed E-state index contributed by atoms with van der Waals surface area (Å²) in [6.45, 7) is 2.06. The van der Waals surface area contributed by atoms with Crippen LogP contribution in [0.1, 0.15) is 42.1 Å². The Morgan fingerprint density at radius 2 is 1.68 bits per heavy atom. The number of ether oxygens (including phenoxy) is 1. The van der Waals surface area contributed by atoms with Crippen LogP contribution in [0, 0.1) is 0 Å². The molecule has 1 aromatic heterocycles. The number of nitrogens with zero attached hydrogens (tertiary/aromatic N) is 3. The Morgan fingerprint density at radius 1 is 0.950 bits per heavy atom. The van der Waals surface area contributed by atoms with Gasteiger partial charge in [0.1, 0.15) is 5.75 Å². The summed E-state index contributed by atoms with van der Waals surface area (Å²) < 4.78 is 6.95. The van der Waals surface area contributed by atoms with Crippen LogP contribution in [0.15, 0.2) is 85.1 Å². The van der Waals surface area contributed by atoms with Gasteiger partial charge in [-0.15, -0.1) is 5.10 Å². The molecule has 0 aliphatic heterocycles. The van der Waals surface area contributed by atoms with Crippen molar-refractivity contribution >= 4 is 33.4 Å². The molecule has 204 valence electrons. The van der Waals surface area contributed by atoms with E-state index in [1.165, 1.54) is 0 Å². The van der Waals surface area contributed by atoms with Crippen molar-refractivity contribution in [2.24, 2.45) is 0 Å². The summed E-state index contributed by atoms with van der Waals surface area (Å²) in [5.74, 6) is -0.269. The lowest BCUT2D eigenvalue weighted by atomic mass is 9.97. The molecular formula is C31H31N5O4. The number of hydroxylamine groups is 1. The van der Waals surface area contributed by atoms with Crippen molar-refractivity contribution in [3.8, 4) is 5.75 Å². The van der Waals surface area contributed by atoms with Crippen molar-refractivity contribution in [3.05, 3.63) is 102 Å². The number of nitrogens with one attached hydrogen (secondary N) is 2. The van der Waals surface area contributed by atoms with Crippen LogP contribution in [0.2, 0.25) is 0 Å². The fraction of sp³-hybridized carbons (Fsp3) is 0.226. The summed E-state index contributed by atoms with van der Waals surface area (Å²) >= 11 is 0. The van der Waals surface area contributed by atoms with Crippen LogP contribution >= 0.6 is 0 Å². The van der Waals surface area contributed by atoms with Crippen molar-refractivity contribution in [2.75, 3.05) is 7.11 Å². The van der Waals surface area contributed by atoms with E-state index in [2.05, 4.69) is 21.7 Å². The molecule has 9 nitrogen and oxygen atoms in total. The van der Waals surface area contributed by atoms with Gasteiger partial charge in [0.15, 0.2) is 0 Å². The van der Waals surface area contributed by atoms with E-state index in [4.69, 9.17) is 4.74 Å². The highest BCUT2D eigenvalue weighted by Crippen LogP contribution is 2.26. The minimum absolute atomic E-state index is 0.00802. The number of hydrogen-bond donors (Lipinski definition) is 3. The van der Waals surface area contributed by atoms with Gasteiger partial charge in [0.2, 0.25) is 11.8 Å². The molecule has 0 saturated heterocycles. The first-order valence-electron chi connectivity index (χ1n) is 13.1. The molecule has 40 heavy (non-hydrogen) atoms. The van der Waals surface area contributed by atoms with Gasteiger partial charge in [-0.3, -0.25) is 14.8 Å². The second-order valence-corrected chi connectivity index (χ2v) is 9.86. The maximum Gasteiger partial charge on any atom is 0.245 e. The van der Waals surface area contributed by atoms with Crippen LogP contribution in [0.3, 0.4) is 0 Å². The highest BCUT2D eigenvalue weighted by Gasteiger charge is 2.22. The number of benzene rings is 4. The van der Waals surface area contributed by atoms with Crippen molar-refractivity contribution < 1.29 is 19.5 Å². The van der Waals surface area contributed by atoms with Crippen LogP contribution in [0.5, 0.6) is 5.75 Å². The number of hydrogen-bond acceptors (Lipinski definition) is 6. The monoisotopic (exact) mass is 537 g/mol. The van der Waals surface area contributed by atoms with E-state index in [-0.39, 0.29) is 24.8 Å². The Labute approximate surface area is 231 Å². The zero-order valence-corrected chi connectivity index (χ0v) is 22.4. The average Bonchev–Trinajstić information content (AvgIpc) is 3.47. The van der Waals surface area contributed by atoms with Crippen LogP contribution < -0.4 is 15.5 Å². The molecule has 0 spiro atoms. The second kappa shape index (κ2) is 12.0. The SMILES string of the molecule is COc1ccc2cc(C(C)C(=O)NCc3cnnn3C(CC(=O)NO)Cc3ccc4ccccc4c3)ccc2c1. The first-order chi connectivity index (χ1) is 19.4. The van der Waals surface area contributed by atoms with Crippen LogP contribution in [-0.4, -0.2) is 39.1 Å². The molecule has 2 amide bonds.